The molecular weight excluding hydrogens is 320 g/mol. The summed E-state index contributed by atoms with van der Waals surface area (Å²) in [5.41, 5.74) is 2.33. The number of para-hydroxylation sites is 1. The van der Waals surface area contributed by atoms with E-state index in [1.165, 1.54) is 6.92 Å². The number of rotatable bonds is 4. The third-order valence-electron chi connectivity index (χ3n) is 4.24. The van der Waals surface area contributed by atoms with Crippen LogP contribution in [0.25, 0.3) is 0 Å². The zero-order chi connectivity index (χ0) is 18.0. The second kappa shape index (κ2) is 6.84. The largest absolute Gasteiger partial charge is 0.497 e. The van der Waals surface area contributed by atoms with Crippen LogP contribution < -0.4 is 19.7 Å². The van der Waals surface area contributed by atoms with Gasteiger partial charge in [-0.1, -0.05) is 18.2 Å². The van der Waals surface area contributed by atoms with Crippen LogP contribution in [0, 0.1) is 0 Å². The summed E-state index contributed by atoms with van der Waals surface area (Å²) < 4.78 is 10.4. The molecule has 0 bridgehead atoms. The lowest BCUT2D eigenvalue weighted by Gasteiger charge is -2.23. The predicted octanol–water partition coefficient (Wildman–Crippen LogP) is 2.62. The molecule has 25 heavy (non-hydrogen) atoms. The number of methoxy groups -OCH3 is 2. The fourth-order valence-electron chi connectivity index (χ4n) is 3.09. The van der Waals surface area contributed by atoms with Gasteiger partial charge in [0.1, 0.15) is 17.5 Å². The summed E-state index contributed by atoms with van der Waals surface area (Å²) in [6.07, 6.45) is 0.489. The standard InChI is InChI=1S/C19H20N2O4/c1-12(22)21-17-7-5-4-6-13(17)8-18(21)19(23)20-14-9-15(24-2)11-16(10-14)25-3/h4-7,9-11,18H,8H2,1-3H3,(H,20,23)/t18-/m1/s1. The average Bonchev–Trinajstić information content (AvgIpc) is 3.01. The van der Waals surface area contributed by atoms with Gasteiger partial charge >= 0.3 is 0 Å². The van der Waals surface area contributed by atoms with Crippen LogP contribution in [0.1, 0.15) is 12.5 Å². The number of nitrogens with zero attached hydrogens (tertiary/aromatic N) is 1. The van der Waals surface area contributed by atoms with Crippen molar-refractivity contribution in [1.82, 2.24) is 0 Å². The molecule has 0 fully saturated rings. The first-order valence-electron chi connectivity index (χ1n) is 7.95. The van der Waals surface area contributed by atoms with E-state index in [0.29, 0.717) is 23.6 Å². The molecular formula is C19H20N2O4. The smallest absolute Gasteiger partial charge is 0.247 e. The van der Waals surface area contributed by atoms with Gasteiger partial charge in [-0.3, -0.25) is 14.5 Å². The molecule has 0 radical (unpaired) electrons. The van der Waals surface area contributed by atoms with Crippen molar-refractivity contribution in [2.24, 2.45) is 0 Å². The van der Waals surface area contributed by atoms with Crippen molar-refractivity contribution in [1.29, 1.82) is 0 Å². The summed E-state index contributed by atoms with van der Waals surface area (Å²) >= 11 is 0. The maximum Gasteiger partial charge on any atom is 0.247 e. The van der Waals surface area contributed by atoms with E-state index in [1.54, 1.807) is 37.3 Å². The lowest BCUT2D eigenvalue weighted by Crippen LogP contribution is -2.44. The molecule has 2 amide bonds. The molecule has 1 N–H and O–H groups in total. The monoisotopic (exact) mass is 340 g/mol. The Hall–Kier alpha value is -3.02. The van der Waals surface area contributed by atoms with Crippen molar-refractivity contribution in [2.75, 3.05) is 24.4 Å². The number of nitrogens with one attached hydrogen (secondary N) is 1. The Kier molecular flexibility index (Phi) is 4.61. The lowest BCUT2D eigenvalue weighted by atomic mass is 10.1. The van der Waals surface area contributed by atoms with Gasteiger partial charge in [-0.2, -0.15) is 0 Å². The molecule has 1 aliphatic rings. The van der Waals surface area contributed by atoms with Gasteiger partial charge in [0.15, 0.2) is 0 Å². The average molecular weight is 340 g/mol. The van der Waals surface area contributed by atoms with E-state index >= 15 is 0 Å². The summed E-state index contributed by atoms with van der Waals surface area (Å²) in [6.45, 7) is 1.47. The van der Waals surface area contributed by atoms with Crippen LogP contribution in [-0.4, -0.2) is 32.1 Å². The number of carbonyl (C=O) groups is 2. The minimum atomic E-state index is -0.577. The highest BCUT2D eigenvalue weighted by Crippen LogP contribution is 2.33. The molecule has 3 rings (SSSR count). The number of benzene rings is 2. The van der Waals surface area contributed by atoms with Crippen LogP contribution in [0.2, 0.25) is 0 Å². The van der Waals surface area contributed by atoms with E-state index in [-0.39, 0.29) is 11.8 Å². The van der Waals surface area contributed by atoms with Crippen molar-refractivity contribution < 1.29 is 19.1 Å². The van der Waals surface area contributed by atoms with Crippen LogP contribution in [-0.2, 0) is 16.0 Å². The minimum absolute atomic E-state index is 0.159. The Labute approximate surface area is 146 Å². The van der Waals surface area contributed by atoms with Gasteiger partial charge in [0.2, 0.25) is 11.8 Å². The summed E-state index contributed by atoms with van der Waals surface area (Å²) in [4.78, 5) is 26.4. The number of fused-ring (bicyclic) bond motifs is 1. The molecule has 0 spiro atoms. The fraction of sp³-hybridized carbons (Fsp3) is 0.263. The summed E-state index contributed by atoms with van der Waals surface area (Å²) in [7, 11) is 3.09. The number of hydrogen-bond donors (Lipinski definition) is 1. The first-order chi connectivity index (χ1) is 12.0. The van der Waals surface area contributed by atoms with Gasteiger partial charge < -0.3 is 14.8 Å². The highest BCUT2D eigenvalue weighted by Gasteiger charge is 2.36. The maximum absolute atomic E-state index is 12.8. The Balaban J connectivity index is 1.85. The van der Waals surface area contributed by atoms with E-state index in [1.807, 2.05) is 24.3 Å². The molecule has 0 saturated carbocycles. The van der Waals surface area contributed by atoms with Crippen molar-refractivity contribution in [3.05, 3.63) is 48.0 Å². The molecule has 1 aliphatic heterocycles. The molecule has 0 saturated heterocycles. The van der Waals surface area contributed by atoms with Gasteiger partial charge in [0, 0.05) is 42.9 Å². The lowest BCUT2D eigenvalue weighted by molar-refractivity contribution is -0.122. The molecule has 1 atom stereocenters. The highest BCUT2D eigenvalue weighted by atomic mass is 16.5. The van der Waals surface area contributed by atoms with E-state index < -0.39 is 6.04 Å². The van der Waals surface area contributed by atoms with Gasteiger partial charge in [0.05, 0.1) is 14.2 Å². The third-order valence-corrected chi connectivity index (χ3v) is 4.24. The Morgan fingerprint density at radius 1 is 1.08 bits per heavy atom. The molecule has 2 aromatic rings. The second-order valence-electron chi connectivity index (χ2n) is 5.83. The number of ether oxygens (including phenoxy) is 2. The van der Waals surface area contributed by atoms with Crippen LogP contribution in [0.5, 0.6) is 11.5 Å². The molecule has 1 heterocycles. The number of carbonyl (C=O) groups excluding carboxylic acids is 2. The van der Waals surface area contributed by atoms with Crippen molar-refractivity contribution in [3.63, 3.8) is 0 Å². The second-order valence-corrected chi connectivity index (χ2v) is 5.83. The molecule has 0 unspecified atom stereocenters. The zero-order valence-corrected chi connectivity index (χ0v) is 14.4. The van der Waals surface area contributed by atoms with Crippen molar-refractivity contribution >= 4 is 23.2 Å². The van der Waals surface area contributed by atoms with Crippen LogP contribution in [0.4, 0.5) is 11.4 Å². The molecule has 6 nitrogen and oxygen atoms in total. The van der Waals surface area contributed by atoms with Crippen LogP contribution in [0.3, 0.4) is 0 Å². The zero-order valence-electron chi connectivity index (χ0n) is 14.4. The minimum Gasteiger partial charge on any atom is -0.497 e. The SMILES string of the molecule is COc1cc(NC(=O)[C@H]2Cc3ccccc3N2C(C)=O)cc(OC)c1. The topological polar surface area (TPSA) is 67.9 Å². The van der Waals surface area contributed by atoms with E-state index in [2.05, 4.69) is 5.32 Å². The molecule has 0 aromatic heterocycles. The number of anilines is 2. The Bertz CT molecular complexity index is 797. The van der Waals surface area contributed by atoms with Crippen LogP contribution >= 0.6 is 0 Å². The van der Waals surface area contributed by atoms with Gasteiger partial charge in [-0.25, -0.2) is 0 Å². The molecule has 6 heteroatoms. The number of amides is 2. The maximum atomic E-state index is 12.8. The number of hydrogen-bond acceptors (Lipinski definition) is 4. The highest BCUT2D eigenvalue weighted by molar-refractivity contribution is 6.06. The molecule has 130 valence electrons. The molecule has 2 aromatic carbocycles. The van der Waals surface area contributed by atoms with E-state index in [9.17, 15) is 9.59 Å². The first kappa shape index (κ1) is 16.8. The summed E-state index contributed by atoms with van der Waals surface area (Å²) in [5, 5.41) is 2.86. The normalized spacial score (nSPS) is 15.5. The summed E-state index contributed by atoms with van der Waals surface area (Å²) in [6, 6.07) is 12.1. The quantitative estimate of drug-likeness (QED) is 0.929. The van der Waals surface area contributed by atoms with Gasteiger partial charge in [0.25, 0.3) is 0 Å². The predicted molar refractivity (Wildman–Crippen MR) is 95.3 cm³/mol. The van der Waals surface area contributed by atoms with E-state index in [4.69, 9.17) is 9.47 Å². The van der Waals surface area contributed by atoms with Gasteiger partial charge in [-0.05, 0) is 11.6 Å². The van der Waals surface area contributed by atoms with Crippen molar-refractivity contribution in [2.45, 2.75) is 19.4 Å². The molecule has 0 aliphatic carbocycles. The van der Waals surface area contributed by atoms with Gasteiger partial charge in [-0.15, -0.1) is 0 Å². The summed E-state index contributed by atoms with van der Waals surface area (Å²) in [5.74, 6) is 0.746. The van der Waals surface area contributed by atoms with Crippen LogP contribution in [0.15, 0.2) is 42.5 Å². The first-order valence-corrected chi connectivity index (χ1v) is 7.95. The Morgan fingerprint density at radius 3 is 2.32 bits per heavy atom. The third kappa shape index (κ3) is 3.28. The van der Waals surface area contributed by atoms with Crippen molar-refractivity contribution in [3.8, 4) is 11.5 Å². The van der Waals surface area contributed by atoms with E-state index in [0.717, 1.165) is 11.3 Å². The fourth-order valence-corrected chi connectivity index (χ4v) is 3.09. The Morgan fingerprint density at radius 2 is 1.72 bits per heavy atom.